The van der Waals surface area contributed by atoms with E-state index >= 15 is 0 Å². The van der Waals surface area contributed by atoms with Gasteiger partial charge in [-0.05, 0) is 54.8 Å². The maximum atomic E-state index is 12.6. The van der Waals surface area contributed by atoms with Crippen LogP contribution in [-0.4, -0.2) is 35.8 Å². The number of hydrogen-bond acceptors (Lipinski definition) is 3. The zero-order valence-electron chi connectivity index (χ0n) is 16.3. The van der Waals surface area contributed by atoms with Gasteiger partial charge in [-0.1, -0.05) is 25.0 Å². The Morgan fingerprint density at radius 3 is 2.00 bits per heavy atom. The van der Waals surface area contributed by atoms with E-state index < -0.39 is 6.03 Å². The van der Waals surface area contributed by atoms with Gasteiger partial charge < -0.3 is 21.3 Å². The molecular weight excluding hydrogens is 368 g/mol. The van der Waals surface area contributed by atoms with Gasteiger partial charge in [-0.25, -0.2) is 4.79 Å². The molecule has 152 valence electrons. The highest BCUT2D eigenvalue weighted by Crippen LogP contribution is 2.16. The van der Waals surface area contributed by atoms with Crippen molar-refractivity contribution in [2.45, 2.75) is 32.2 Å². The summed E-state index contributed by atoms with van der Waals surface area (Å²) in [6, 6.07) is 13.3. The minimum absolute atomic E-state index is 0.0462. The second-order valence-corrected chi connectivity index (χ2v) is 7.15. The lowest BCUT2D eigenvalue weighted by molar-refractivity contribution is 0.0761. The first kappa shape index (κ1) is 20.4. The van der Waals surface area contributed by atoms with Crippen molar-refractivity contribution in [1.82, 2.24) is 10.2 Å². The van der Waals surface area contributed by atoms with Crippen molar-refractivity contribution >= 4 is 23.5 Å². The molecule has 1 heterocycles. The number of likely N-dealkylation sites (tertiary alicyclic amines) is 1. The third kappa shape index (κ3) is 5.81. The van der Waals surface area contributed by atoms with Crippen molar-refractivity contribution in [3.63, 3.8) is 0 Å². The van der Waals surface area contributed by atoms with Crippen LogP contribution in [0.1, 0.15) is 52.0 Å². The summed E-state index contributed by atoms with van der Waals surface area (Å²) in [6.45, 7) is 1.92. The Labute approximate surface area is 170 Å². The molecule has 1 aliphatic heterocycles. The fraction of sp³-hybridized carbons (Fsp3) is 0.318. The molecule has 0 aromatic heterocycles. The van der Waals surface area contributed by atoms with Gasteiger partial charge in [0.1, 0.15) is 0 Å². The van der Waals surface area contributed by atoms with Crippen LogP contribution in [0.15, 0.2) is 48.5 Å². The molecule has 1 aliphatic rings. The van der Waals surface area contributed by atoms with Crippen molar-refractivity contribution in [2.75, 3.05) is 18.4 Å². The van der Waals surface area contributed by atoms with Gasteiger partial charge in [0.2, 0.25) is 0 Å². The number of nitrogens with one attached hydrogen (secondary N) is 2. The van der Waals surface area contributed by atoms with Gasteiger partial charge in [0.05, 0.1) is 0 Å². The number of hydrogen-bond donors (Lipinski definition) is 3. The van der Waals surface area contributed by atoms with Crippen LogP contribution in [0.2, 0.25) is 0 Å². The third-order valence-corrected chi connectivity index (χ3v) is 4.97. The molecule has 1 saturated heterocycles. The number of rotatable bonds is 5. The number of carbonyl (C=O) groups is 3. The van der Waals surface area contributed by atoms with Gasteiger partial charge >= 0.3 is 6.03 Å². The van der Waals surface area contributed by atoms with Crippen LogP contribution in [-0.2, 0) is 6.54 Å². The molecule has 4 amide bonds. The Morgan fingerprint density at radius 2 is 1.41 bits per heavy atom. The number of nitrogens with zero attached hydrogens (tertiary/aromatic N) is 1. The molecule has 0 radical (unpaired) electrons. The van der Waals surface area contributed by atoms with E-state index in [9.17, 15) is 14.4 Å². The number of carbonyl (C=O) groups excluding carboxylic acids is 3. The second-order valence-electron chi connectivity index (χ2n) is 7.15. The first-order valence-corrected chi connectivity index (χ1v) is 9.86. The van der Waals surface area contributed by atoms with E-state index in [1.807, 2.05) is 4.90 Å². The molecule has 0 aliphatic carbocycles. The van der Waals surface area contributed by atoms with E-state index in [2.05, 4.69) is 10.6 Å². The molecule has 1 fully saturated rings. The Balaban J connectivity index is 1.58. The van der Waals surface area contributed by atoms with Gasteiger partial charge in [0.15, 0.2) is 0 Å². The number of nitrogens with two attached hydrogens (primary N) is 1. The largest absolute Gasteiger partial charge is 0.352 e. The van der Waals surface area contributed by atoms with Crippen LogP contribution >= 0.6 is 0 Å². The van der Waals surface area contributed by atoms with Crippen LogP contribution < -0.4 is 16.4 Å². The van der Waals surface area contributed by atoms with Crippen molar-refractivity contribution < 1.29 is 14.4 Å². The molecule has 3 rings (SSSR count). The monoisotopic (exact) mass is 394 g/mol. The maximum absolute atomic E-state index is 12.6. The molecule has 0 atom stereocenters. The first-order valence-electron chi connectivity index (χ1n) is 9.86. The molecule has 0 saturated carbocycles. The summed E-state index contributed by atoms with van der Waals surface area (Å²) < 4.78 is 0. The molecule has 29 heavy (non-hydrogen) atoms. The fourth-order valence-electron chi connectivity index (χ4n) is 3.32. The summed E-state index contributed by atoms with van der Waals surface area (Å²) in [4.78, 5) is 37.7. The Bertz CT molecular complexity index is 855. The molecular formula is C22H26N4O3. The summed E-state index contributed by atoms with van der Waals surface area (Å²) in [7, 11) is 0. The predicted molar refractivity (Wildman–Crippen MR) is 112 cm³/mol. The second kappa shape index (κ2) is 9.73. The van der Waals surface area contributed by atoms with Crippen LogP contribution in [0.4, 0.5) is 10.5 Å². The van der Waals surface area contributed by atoms with E-state index in [0.717, 1.165) is 31.5 Å². The van der Waals surface area contributed by atoms with Gasteiger partial charge in [-0.15, -0.1) is 0 Å². The Kier molecular flexibility index (Phi) is 6.84. The quantitative estimate of drug-likeness (QED) is 0.726. The van der Waals surface area contributed by atoms with Gasteiger partial charge in [0, 0.05) is 36.4 Å². The summed E-state index contributed by atoms with van der Waals surface area (Å²) >= 11 is 0. The normalized spacial score (nSPS) is 14.0. The Hall–Kier alpha value is -3.35. The van der Waals surface area contributed by atoms with E-state index in [1.54, 1.807) is 48.5 Å². The lowest BCUT2D eigenvalue weighted by Gasteiger charge is -2.20. The van der Waals surface area contributed by atoms with E-state index in [-0.39, 0.29) is 11.8 Å². The van der Waals surface area contributed by atoms with Crippen molar-refractivity contribution in [1.29, 1.82) is 0 Å². The SMILES string of the molecule is NC(=O)NCc1ccc(C(=O)Nc2ccc(C(=O)N3CCCCCC3)cc2)cc1. The first-order chi connectivity index (χ1) is 14.0. The molecule has 2 aromatic rings. The number of urea groups is 1. The zero-order valence-corrected chi connectivity index (χ0v) is 16.3. The zero-order chi connectivity index (χ0) is 20.6. The highest BCUT2D eigenvalue weighted by molar-refractivity contribution is 6.04. The number of primary amides is 1. The fourth-order valence-corrected chi connectivity index (χ4v) is 3.32. The van der Waals surface area contributed by atoms with Gasteiger partial charge in [0.25, 0.3) is 11.8 Å². The lowest BCUT2D eigenvalue weighted by Crippen LogP contribution is -2.31. The van der Waals surface area contributed by atoms with E-state index in [4.69, 9.17) is 5.73 Å². The molecule has 7 nitrogen and oxygen atoms in total. The minimum atomic E-state index is -0.593. The molecule has 4 N–H and O–H groups in total. The summed E-state index contributed by atoms with van der Waals surface area (Å²) in [6.07, 6.45) is 4.46. The number of anilines is 1. The Morgan fingerprint density at radius 1 is 0.828 bits per heavy atom. The van der Waals surface area contributed by atoms with E-state index in [1.165, 1.54) is 12.8 Å². The van der Waals surface area contributed by atoms with Crippen LogP contribution in [0.5, 0.6) is 0 Å². The topological polar surface area (TPSA) is 105 Å². The van der Waals surface area contributed by atoms with Crippen LogP contribution in [0.3, 0.4) is 0 Å². The minimum Gasteiger partial charge on any atom is -0.352 e. The van der Waals surface area contributed by atoms with Crippen molar-refractivity contribution in [2.24, 2.45) is 5.73 Å². The van der Waals surface area contributed by atoms with Crippen molar-refractivity contribution in [3.05, 3.63) is 65.2 Å². The average Bonchev–Trinajstić information content (AvgIpc) is 3.02. The number of amides is 4. The van der Waals surface area contributed by atoms with Crippen LogP contribution in [0.25, 0.3) is 0 Å². The molecule has 0 unspecified atom stereocenters. The summed E-state index contributed by atoms with van der Waals surface area (Å²) in [5, 5.41) is 5.33. The third-order valence-electron chi connectivity index (χ3n) is 4.97. The molecule has 7 heteroatoms. The van der Waals surface area contributed by atoms with Crippen molar-refractivity contribution in [3.8, 4) is 0 Å². The molecule has 2 aromatic carbocycles. The van der Waals surface area contributed by atoms with E-state index in [0.29, 0.717) is 23.4 Å². The highest BCUT2D eigenvalue weighted by Gasteiger charge is 2.17. The number of benzene rings is 2. The van der Waals surface area contributed by atoms with Gasteiger partial charge in [-0.2, -0.15) is 0 Å². The predicted octanol–water partition coefficient (Wildman–Crippen LogP) is 3.12. The smallest absolute Gasteiger partial charge is 0.312 e. The lowest BCUT2D eigenvalue weighted by atomic mass is 10.1. The molecule has 0 spiro atoms. The average molecular weight is 394 g/mol. The standard InChI is InChI=1S/C22H26N4O3/c23-22(29)24-15-16-5-7-17(8-6-16)20(27)25-19-11-9-18(10-12-19)21(28)26-13-3-1-2-4-14-26/h5-12H,1-4,13-15H2,(H,25,27)(H3,23,24,29). The summed E-state index contributed by atoms with van der Waals surface area (Å²) in [5.41, 5.74) is 7.65. The van der Waals surface area contributed by atoms with Crippen LogP contribution in [0, 0.1) is 0 Å². The van der Waals surface area contributed by atoms with Gasteiger partial charge in [-0.3, -0.25) is 9.59 Å². The maximum Gasteiger partial charge on any atom is 0.312 e. The highest BCUT2D eigenvalue weighted by atomic mass is 16.2. The summed E-state index contributed by atoms with van der Waals surface area (Å²) in [5.74, 6) is -0.198. The molecule has 0 bridgehead atoms.